The van der Waals surface area contributed by atoms with Crippen molar-refractivity contribution in [3.8, 4) is 39.8 Å². The highest BCUT2D eigenvalue weighted by Gasteiger charge is 2.22. The van der Waals surface area contributed by atoms with Crippen LogP contribution < -0.4 is 4.74 Å². The first kappa shape index (κ1) is 18.5. The molecule has 0 N–H and O–H groups in total. The number of ether oxygens (including phenoxy) is 1. The second-order valence-corrected chi connectivity index (χ2v) is 7.59. The minimum atomic E-state index is -0.508. The highest BCUT2D eigenvalue weighted by atomic mass is 19.1. The number of pyridine rings is 1. The molecule has 5 rings (SSSR count). The monoisotopic (exact) mass is 404 g/mol. The van der Waals surface area contributed by atoms with E-state index < -0.39 is 5.95 Å². The second-order valence-electron chi connectivity index (χ2n) is 7.59. The largest absolute Gasteiger partial charge is 0.491 e. The van der Waals surface area contributed by atoms with E-state index >= 15 is 0 Å². The minimum Gasteiger partial charge on any atom is -0.491 e. The van der Waals surface area contributed by atoms with Crippen LogP contribution in [0.3, 0.4) is 0 Å². The van der Waals surface area contributed by atoms with Gasteiger partial charge in [0, 0.05) is 24.5 Å². The molecule has 0 bridgehead atoms. The third-order valence-corrected chi connectivity index (χ3v) is 5.10. The first-order valence-corrected chi connectivity index (χ1v) is 9.89. The molecule has 4 heterocycles. The van der Waals surface area contributed by atoms with Gasteiger partial charge in [0.05, 0.1) is 12.1 Å². The van der Waals surface area contributed by atoms with Crippen molar-refractivity contribution >= 4 is 0 Å². The Labute approximate surface area is 173 Å². The first-order valence-electron chi connectivity index (χ1n) is 9.89. The molecule has 1 aliphatic heterocycles. The lowest BCUT2D eigenvalue weighted by molar-refractivity contribution is 0.306. The third-order valence-electron chi connectivity index (χ3n) is 5.10. The fourth-order valence-electron chi connectivity index (χ4n) is 3.72. The van der Waals surface area contributed by atoms with Gasteiger partial charge in [-0.25, -0.2) is 19.6 Å². The van der Waals surface area contributed by atoms with E-state index in [1.54, 1.807) is 6.07 Å². The number of hydrogen-bond donors (Lipinski definition) is 0. The number of fused-ring (bicyclic) bond motifs is 3. The summed E-state index contributed by atoms with van der Waals surface area (Å²) in [7, 11) is 0. The maximum atomic E-state index is 13.6. The Morgan fingerprint density at radius 1 is 1.07 bits per heavy atom. The maximum absolute atomic E-state index is 13.6. The summed E-state index contributed by atoms with van der Waals surface area (Å²) in [6.07, 6.45) is 3.46. The van der Waals surface area contributed by atoms with Crippen LogP contribution in [-0.2, 0) is 6.54 Å². The number of rotatable bonds is 3. The van der Waals surface area contributed by atoms with Gasteiger partial charge in [0.1, 0.15) is 29.7 Å². The zero-order valence-electron chi connectivity index (χ0n) is 17.0. The van der Waals surface area contributed by atoms with E-state index in [-0.39, 0.29) is 6.04 Å². The predicted molar refractivity (Wildman–Crippen MR) is 110 cm³/mol. The average Bonchev–Trinajstić information content (AvgIpc) is 3.28. The molecule has 0 spiro atoms. The van der Waals surface area contributed by atoms with Crippen molar-refractivity contribution in [3.05, 3.63) is 54.5 Å². The smallest absolute Gasteiger partial charge is 0.213 e. The molecule has 4 aromatic rings. The van der Waals surface area contributed by atoms with Gasteiger partial charge in [-0.15, -0.1) is 0 Å². The average molecular weight is 404 g/mol. The summed E-state index contributed by atoms with van der Waals surface area (Å²) in [6, 6.07) is 9.20. The van der Waals surface area contributed by atoms with Crippen molar-refractivity contribution in [2.24, 2.45) is 0 Å². The van der Waals surface area contributed by atoms with Crippen LogP contribution in [0.5, 0.6) is 5.75 Å². The van der Waals surface area contributed by atoms with Crippen LogP contribution in [0.4, 0.5) is 4.39 Å². The molecule has 0 saturated carbocycles. The summed E-state index contributed by atoms with van der Waals surface area (Å²) >= 11 is 0. The van der Waals surface area contributed by atoms with Crippen LogP contribution >= 0.6 is 0 Å². The van der Waals surface area contributed by atoms with Crippen LogP contribution in [-0.4, -0.2) is 35.9 Å². The van der Waals surface area contributed by atoms with Crippen molar-refractivity contribution in [2.75, 3.05) is 6.61 Å². The number of halogens is 1. The molecule has 1 aromatic carbocycles. The lowest BCUT2D eigenvalue weighted by Crippen LogP contribution is -2.06. The Morgan fingerprint density at radius 3 is 2.70 bits per heavy atom. The van der Waals surface area contributed by atoms with Crippen LogP contribution in [0.2, 0.25) is 0 Å². The Bertz CT molecular complexity index is 1240. The van der Waals surface area contributed by atoms with E-state index in [0.29, 0.717) is 19.0 Å². The van der Waals surface area contributed by atoms with Crippen molar-refractivity contribution in [1.82, 2.24) is 29.3 Å². The molecule has 8 heteroatoms. The summed E-state index contributed by atoms with van der Waals surface area (Å²) in [4.78, 5) is 13.1. The summed E-state index contributed by atoms with van der Waals surface area (Å²) in [6.45, 7) is 7.23. The van der Waals surface area contributed by atoms with Crippen LogP contribution in [0.15, 0.2) is 42.7 Å². The molecular weight excluding hydrogens is 383 g/mol. The van der Waals surface area contributed by atoms with Gasteiger partial charge in [-0.3, -0.25) is 0 Å². The normalized spacial score (nSPS) is 13.0. The molecule has 0 radical (unpaired) electrons. The molecule has 0 amide bonds. The van der Waals surface area contributed by atoms with E-state index in [0.717, 1.165) is 39.8 Å². The van der Waals surface area contributed by atoms with E-state index in [9.17, 15) is 4.39 Å². The third kappa shape index (κ3) is 3.14. The molecule has 3 aromatic heterocycles. The SMILES string of the molecule is Cc1nc(-c2cn3c(n2)-c2cc(-c4ccnc(F)c4)ccc2OCC3)n(C(C)C)n1. The second kappa shape index (κ2) is 7.05. The molecule has 0 saturated heterocycles. The number of benzene rings is 1. The fourth-order valence-corrected chi connectivity index (χ4v) is 3.72. The van der Waals surface area contributed by atoms with Gasteiger partial charge in [-0.2, -0.15) is 9.49 Å². The van der Waals surface area contributed by atoms with Gasteiger partial charge in [0.25, 0.3) is 0 Å². The predicted octanol–water partition coefficient (Wildman–Crippen LogP) is 4.29. The standard InChI is InChI=1S/C22H21FN6O/c1-13(2)29-22(25-14(3)27-29)18-12-28-8-9-30-19-5-4-15(10-17(19)21(28)26-18)16-6-7-24-20(23)11-16/h4-7,10-13H,8-9H2,1-3H3. The van der Waals surface area contributed by atoms with Gasteiger partial charge in [0.15, 0.2) is 5.82 Å². The number of nitrogens with zero attached hydrogens (tertiary/aromatic N) is 6. The molecule has 1 aliphatic rings. The summed E-state index contributed by atoms with van der Waals surface area (Å²) in [5.74, 6) is 2.51. The number of hydrogen-bond acceptors (Lipinski definition) is 5. The summed E-state index contributed by atoms with van der Waals surface area (Å²) < 4.78 is 23.5. The zero-order chi connectivity index (χ0) is 20.8. The van der Waals surface area contributed by atoms with Crippen molar-refractivity contribution in [2.45, 2.75) is 33.4 Å². The highest BCUT2D eigenvalue weighted by Crippen LogP contribution is 2.37. The van der Waals surface area contributed by atoms with E-state index in [1.807, 2.05) is 36.0 Å². The van der Waals surface area contributed by atoms with E-state index in [1.165, 1.54) is 12.3 Å². The lowest BCUT2D eigenvalue weighted by atomic mass is 10.0. The van der Waals surface area contributed by atoms with Gasteiger partial charge in [0.2, 0.25) is 5.95 Å². The Balaban J connectivity index is 1.65. The van der Waals surface area contributed by atoms with Crippen LogP contribution in [0.1, 0.15) is 25.7 Å². The molecular formula is C22H21FN6O. The molecule has 30 heavy (non-hydrogen) atoms. The lowest BCUT2D eigenvalue weighted by Gasteiger charge is -2.09. The zero-order valence-corrected chi connectivity index (χ0v) is 17.0. The van der Waals surface area contributed by atoms with Gasteiger partial charge < -0.3 is 9.30 Å². The molecule has 7 nitrogen and oxygen atoms in total. The number of aryl methyl sites for hydroxylation is 1. The maximum Gasteiger partial charge on any atom is 0.213 e. The molecule has 0 atom stereocenters. The Hall–Kier alpha value is -3.55. The van der Waals surface area contributed by atoms with Crippen molar-refractivity contribution < 1.29 is 9.13 Å². The van der Waals surface area contributed by atoms with E-state index in [2.05, 4.69) is 33.5 Å². The number of aromatic nitrogens is 6. The molecule has 0 fully saturated rings. The molecule has 0 unspecified atom stereocenters. The topological polar surface area (TPSA) is 70.7 Å². The van der Waals surface area contributed by atoms with Gasteiger partial charge in [-0.1, -0.05) is 6.07 Å². The molecule has 0 aliphatic carbocycles. The fraction of sp³-hybridized carbons (Fsp3) is 0.273. The summed E-state index contributed by atoms with van der Waals surface area (Å²) in [5.41, 5.74) is 3.26. The number of imidazole rings is 1. The van der Waals surface area contributed by atoms with Crippen molar-refractivity contribution in [3.63, 3.8) is 0 Å². The molecule has 152 valence electrons. The van der Waals surface area contributed by atoms with Gasteiger partial charge in [-0.05, 0) is 50.1 Å². The minimum absolute atomic E-state index is 0.173. The van der Waals surface area contributed by atoms with Crippen LogP contribution in [0.25, 0.3) is 34.0 Å². The van der Waals surface area contributed by atoms with Crippen LogP contribution in [0, 0.1) is 12.9 Å². The first-order chi connectivity index (χ1) is 14.5. The van der Waals surface area contributed by atoms with E-state index in [4.69, 9.17) is 9.72 Å². The summed E-state index contributed by atoms with van der Waals surface area (Å²) in [5, 5.41) is 4.51. The Kier molecular flexibility index (Phi) is 4.34. The quantitative estimate of drug-likeness (QED) is 0.477. The van der Waals surface area contributed by atoms with Crippen molar-refractivity contribution in [1.29, 1.82) is 0 Å². The Morgan fingerprint density at radius 2 is 1.90 bits per heavy atom. The van der Waals surface area contributed by atoms with Gasteiger partial charge >= 0.3 is 0 Å². The highest BCUT2D eigenvalue weighted by molar-refractivity contribution is 5.76.